The third kappa shape index (κ3) is 4.86. The van der Waals surface area contributed by atoms with Crippen LogP contribution in [0.3, 0.4) is 0 Å². The molecule has 0 unspecified atom stereocenters. The van der Waals surface area contributed by atoms with Crippen LogP contribution in [0.4, 0.5) is 11.4 Å². The number of imidazole rings is 1. The molecule has 0 spiro atoms. The van der Waals surface area contributed by atoms with Gasteiger partial charge in [0.2, 0.25) is 11.8 Å². The molecule has 0 aliphatic heterocycles. The van der Waals surface area contributed by atoms with Gasteiger partial charge < -0.3 is 19.6 Å². The Bertz CT molecular complexity index is 1410. The van der Waals surface area contributed by atoms with Crippen molar-refractivity contribution in [1.82, 2.24) is 14.5 Å². The van der Waals surface area contributed by atoms with Gasteiger partial charge in [0.15, 0.2) is 5.58 Å². The van der Waals surface area contributed by atoms with E-state index in [9.17, 15) is 9.59 Å². The topological polar surface area (TPSA) is 102 Å². The van der Waals surface area contributed by atoms with Crippen molar-refractivity contribution >= 4 is 34.3 Å². The summed E-state index contributed by atoms with van der Waals surface area (Å²) in [5.74, 6) is 0.112. The maximum atomic E-state index is 12.7. The van der Waals surface area contributed by atoms with Crippen molar-refractivity contribution in [1.29, 1.82) is 0 Å². The summed E-state index contributed by atoms with van der Waals surface area (Å²) in [7, 11) is 0. The molecule has 34 heavy (non-hydrogen) atoms. The van der Waals surface area contributed by atoms with Gasteiger partial charge in [-0.1, -0.05) is 18.2 Å². The van der Waals surface area contributed by atoms with E-state index >= 15 is 0 Å². The van der Waals surface area contributed by atoms with Crippen LogP contribution in [0.2, 0.25) is 0 Å². The Morgan fingerprint density at radius 2 is 1.76 bits per heavy atom. The Morgan fingerprint density at radius 1 is 0.912 bits per heavy atom. The highest BCUT2D eigenvalue weighted by Gasteiger charge is 2.11. The molecule has 0 aliphatic rings. The molecule has 0 radical (unpaired) electrons. The number of carbonyl (C=O) groups is 2. The van der Waals surface area contributed by atoms with Crippen LogP contribution < -0.4 is 10.6 Å². The zero-order chi connectivity index (χ0) is 23.3. The first-order valence-corrected chi connectivity index (χ1v) is 10.8. The molecule has 0 bridgehead atoms. The number of rotatable bonds is 7. The van der Waals surface area contributed by atoms with Crippen LogP contribution in [0.5, 0.6) is 0 Å². The van der Waals surface area contributed by atoms with Crippen LogP contribution in [0.1, 0.15) is 16.8 Å². The van der Waals surface area contributed by atoms with E-state index in [4.69, 9.17) is 4.42 Å². The normalized spacial score (nSPS) is 10.8. The van der Waals surface area contributed by atoms with Crippen molar-refractivity contribution in [2.45, 2.75) is 13.0 Å². The monoisotopic (exact) mass is 451 g/mol. The summed E-state index contributed by atoms with van der Waals surface area (Å²) < 4.78 is 7.62. The smallest absolute Gasteiger partial charge is 0.255 e. The fourth-order valence-corrected chi connectivity index (χ4v) is 3.51. The number of hydrogen-bond donors (Lipinski definition) is 2. The number of amides is 2. The van der Waals surface area contributed by atoms with Crippen molar-refractivity contribution in [3.05, 3.63) is 97.1 Å². The van der Waals surface area contributed by atoms with Crippen LogP contribution >= 0.6 is 0 Å². The lowest BCUT2D eigenvalue weighted by Crippen LogP contribution is -2.15. The molecular weight excluding hydrogens is 430 g/mol. The largest absolute Gasteiger partial charge is 0.436 e. The van der Waals surface area contributed by atoms with Crippen molar-refractivity contribution in [2.75, 3.05) is 10.6 Å². The standard InChI is InChI=1S/C26H21N5O3/c32-24(12-14-31-15-13-27-17-31)28-21-5-3-4-19(16-21)25(33)29-20-10-8-18(9-11-20)26-30-22-6-1-2-7-23(22)34-26/h1-11,13,15-17H,12,14H2,(H,28,32)(H,29,33). The van der Waals surface area contributed by atoms with E-state index in [1.807, 2.05) is 41.0 Å². The molecule has 5 rings (SSSR count). The second-order valence-electron chi connectivity index (χ2n) is 7.70. The van der Waals surface area contributed by atoms with Crippen molar-refractivity contribution in [3.8, 4) is 11.5 Å². The number of fused-ring (bicyclic) bond motifs is 1. The highest BCUT2D eigenvalue weighted by Crippen LogP contribution is 2.25. The van der Waals surface area contributed by atoms with Gasteiger partial charge in [0.25, 0.3) is 5.91 Å². The number of aromatic nitrogens is 3. The summed E-state index contributed by atoms with van der Waals surface area (Å²) in [6.07, 6.45) is 5.44. The third-order valence-corrected chi connectivity index (χ3v) is 5.25. The fraction of sp³-hybridized carbons (Fsp3) is 0.0769. The number of hydrogen-bond acceptors (Lipinski definition) is 5. The zero-order valence-electron chi connectivity index (χ0n) is 18.1. The molecule has 2 heterocycles. The molecule has 2 N–H and O–H groups in total. The van der Waals surface area contributed by atoms with E-state index in [2.05, 4.69) is 20.6 Å². The Morgan fingerprint density at radius 3 is 2.56 bits per heavy atom. The molecule has 8 nitrogen and oxygen atoms in total. The third-order valence-electron chi connectivity index (χ3n) is 5.25. The predicted octanol–water partition coefficient (Wildman–Crippen LogP) is 4.97. The molecule has 0 fully saturated rings. The number of carbonyl (C=O) groups excluding carboxylic acids is 2. The van der Waals surface area contributed by atoms with Crippen LogP contribution in [-0.2, 0) is 11.3 Å². The molecular formula is C26H21N5O3. The number of nitrogens with zero attached hydrogens (tertiary/aromatic N) is 3. The van der Waals surface area contributed by atoms with E-state index in [1.54, 1.807) is 55.1 Å². The average molecular weight is 451 g/mol. The maximum absolute atomic E-state index is 12.7. The highest BCUT2D eigenvalue weighted by atomic mass is 16.3. The molecule has 5 aromatic rings. The van der Waals surface area contributed by atoms with Crippen molar-refractivity contribution in [2.24, 2.45) is 0 Å². The second kappa shape index (κ2) is 9.41. The Balaban J connectivity index is 1.21. The number of para-hydroxylation sites is 2. The summed E-state index contributed by atoms with van der Waals surface area (Å²) >= 11 is 0. The van der Waals surface area contributed by atoms with Gasteiger partial charge >= 0.3 is 0 Å². The van der Waals surface area contributed by atoms with Gasteiger partial charge in [-0.2, -0.15) is 0 Å². The number of benzene rings is 3. The quantitative estimate of drug-likeness (QED) is 0.364. The van der Waals surface area contributed by atoms with Gasteiger partial charge in [-0.15, -0.1) is 0 Å². The lowest BCUT2D eigenvalue weighted by molar-refractivity contribution is -0.116. The minimum absolute atomic E-state index is 0.138. The highest BCUT2D eigenvalue weighted by molar-refractivity contribution is 6.05. The number of anilines is 2. The van der Waals surface area contributed by atoms with Gasteiger partial charge in [-0.25, -0.2) is 9.97 Å². The van der Waals surface area contributed by atoms with E-state index < -0.39 is 0 Å². The van der Waals surface area contributed by atoms with E-state index in [0.717, 1.165) is 16.7 Å². The predicted molar refractivity (Wildman–Crippen MR) is 129 cm³/mol. The molecule has 8 heteroatoms. The summed E-state index contributed by atoms with van der Waals surface area (Å²) in [5, 5.41) is 5.70. The van der Waals surface area contributed by atoms with Crippen LogP contribution in [0.25, 0.3) is 22.6 Å². The lowest BCUT2D eigenvalue weighted by Gasteiger charge is -2.09. The molecule has 2 amide bonds. The number of oxazole rings is 1. The zero-order valence-corrected chi connectivity index (χ0v) is 18.1. The lowest BCUT2D eigenvalue weighted by atomic mass is 10.1. The molecule has 0 atom stereocenters. The van der Waals surface area contributed by atoms with Gasteiger partial charge in [0.1, 0.15) is 5.52 Å². The summed E-state index contributed by atoms with van der Waals surface area (Å²) in [6, 6.07) is 21.7. The van der Waals surface area contributed by atoms with Gasteiger partial charge in [-0.05, 0) is 54.6 Å². The minimum Gasteiger partial charge on any atom is -0.436 e. The summed E-state index contributed by atoms with van der Waals surface area (Å²) in [4.78, 5) is 33.4. The number of aryl methyl sites for hydroxylation is 1. The first kappa shape index (κ1) is 21.1. The first-order chi connectivity index (χ1) is 16.6. The fourth-order valence-electron chi connectivity index (χ4n) is 3.51. The Labute approximate surface area is 195 Å². The van der Waals surface area contributed by atoms with Gasteiger partial charge in [-0.3, -0.25) is 9.59 Å². The SMILES string of the molecule is O=C(CCn1ccnc1)Nc1cccc(C(=O)Nc2ccc(-c3nc4ccccc4o3)cc2)c1. The van der Waals surface area contributed by atoms with E-state index in [1.165, 1.54) is 0 Å². The van der Waals surface area contributed by atoms with Gasteiger partial charge in [0, 0.05) is 47.9 Å². The van der Waals surface area contributed by atoms with Crippen LogP contribution in [0.15, 0.2) is 95.9 Å². The molecule has 0 saturated carbocycles. The summed E-state index contributed by atoms with van der Waals surface area (Å²) in [5.41, 5.74) is 3.98. The van der Waals surface area contributed by atoms with Crippen LogP contribution in [-0.4, -0.2) is 26.3 Å². The van der Waals surface area contributed by atoms with E-state index in [0.29, 0.717) is 35.8 Å². The van der Waals surface area contributed by atoms with Gasteiger partial charge in [0.05, 0.1) is 6.33 Å². The molecule has 168 valence electrons. The minimum atomic E-state index is -0.274. The summed E-state index contributed by atoms with van der Waals surface area (Å²) in [6.45, 7) is 0.533. The second-order valence-corrected chi connectivity index (χ2v) is 7.70. The molecule has 0 aliphatic carbocycles. The van der Waals surface area contributed by atoms with E-state index in [-0.39, 0.29) is 11.8 Å². The number of nitrogens with one attached hydrogen (secondary N) is 2. The molecule has 0 saturated heterocycles. The molecule has 2 aromatic heterocycles. The Kier molecular flexibility index (Phi) is 5.85. The molecule has 3 aromatic carbocycles. The maximum Gasteiger partial charge on any atom is 0.255 e. The first-order valence-electron chi connectivity index (χ1n) is 10.8. The average Bonchev–Trinajstić information content (AvgIpc) is 3.53. The van der Waals surface area contributed by atoms with Crippen LogP contribution in [0, 0.1) is 0 Å². The van der Waals surface area contributed by atoms with Crippen molar-refractivity contribution in [3.63, 3.8) is 0 Å². The van der Waals surface area contributed by atoms with Crippen molar-refractivity contribution < 1.29 is 14.0 Å². The Hall–Kier alpha value is -4.72.